The van der Waals surface area contributed by atoms with Crippen molar-refractivity contribution in [3.8, 4) is 5.75 Å². The number of nitrogens with one attached hydrogen (secondary N) is 1. The van der Waals surface area contributed by atoms with Gasteiger partial charge < -0.3 is 14.8 Å². The Hall–Kier alpha value is -2.23. The van der Waals surface area contributed by atoms with Gasteiger partial charge in [0, 0.05) is 23.2 Å². The maximum absolute atomic E-state index is 11.0. The van der Waals surface area contributed by atoms with Crippen molar-refractivity contribution in [2.45, 2.75) is 13.8 Å². The summed E-state index contributed by atoms with van der Waals surface area (Å²) in [6.45, 7) is 3.96. The Bertz CT molecular complexity index is 638. The lowest BCUT2D eigenvalue weighted by molar-refractivity contribution is -0.131. The number of carbonyl (C=O) groups is 1. The Morgan fingerprint density at radius 2 is 2.16 bits per heavy atom. The molecule has 2 aromatic rings. The summed E-state index contributed by atoms with van der Waals surface area (Å²) in [6, 6.07) is 5.73. The van der Waals surface area contributed by atoms with Crippen molar-refractivity contribution in [3.63, 3.8) is 0 Å². The van der Waals surface area contributed by atoms with Crippen LogP contribution in [0.15, 0.2) is 30.5 Å². The molecule has 1 aromatic heterocycles. The van der Waals surface area contributed by atoms with E-state index in [1.165, 1.54) is 6.08 Å². The number of fused-ring (bicyclic) bond motifs is 1. The van der Waals surface area contributed by atoms with Crippen molar-refractivity contribution in [2.24, 2.45) is 5.92 Å². The van der Waals surface area contributed by atoms with Crippen LogP contribution in [-0.4, -0.2) is 23.2 Å². The number of aromatic nitrogens is 1. The molecule has 0 aliphatic rings. The van der Waals surface area contributed by atoms with Crippen molar-refractivity contribution in [3.05, 3.63) is 36.0 Å². The Labute approximate surface area is 111 Å². The highest BCUT2D eigenvalue weighted by atomic mass is 16.5. The molecule has 4 heteroatoms. The van der Waals surface area contributed by atoms with Gasteiger partial charge in [-0.25, -0.2) is 4.79 Å². The summed E-state index contributed by atoms with van der Waals surface area (Å²) in [5, 5.41) is 9.97. The van der Waals surface area contributed by atoms with E-state index in [1.54, 1.807) is 7.11 Å². The van der Waals surface area contributed by atoms with E-state index in [2.05, 4.69) is 4.98 Å². The van der Waals surface area contributed by atoms with Crippen LogP contribution in [0.4, 0.5) is 0 Å². The molecule has 4 nitrogen and oxygen atoms in total. The summed E-state index contributed by atoms with van der Waals surface area (Å²) in [4.78, 5) is 14.1. The number of carboxylic acid groups (broad SMARTS) is 1. The number of H-pyrrole nitrogens is 1. The van der Waals surface area contributed by atoms with Gasteiger partial charge in [0.15, 0.2) is 0 Å². The van der Waals surface area contributed by atoms with Crippen LogP contribution in [0, 0.1) is 5.92 Å². The van der Waals surface area contributed by atoms with Gasteiger partial charge in [0.05, 0.1) is 12.6 Å². The first-order valence-electron chi connectivity index (χ1n) is 6.13. The van der Waals surface area contributed by atoms with Gasteiger partial charge >= 0.3 is 5.97 Å². The molecular formula is C15H17NO3. The van der Waals surface area contributed by atoms with Crippen LogP contribution in [0.1, 0.15) is 19.4 Å². The number of para-hydroxylation sites is 1. The Balaban J connectivity index is 2.65. The number of allylic oxidation sites excluding steroid dienone is 1. The third-order valence-electron chi connectivity index (χ3n) is 3.11. The van der Waals surface area contributed by atoms with Crippen molar-refractivity contribution in [1.29, 1.82) is 0 Å². The highest BCUT2D eigenvalue weighted by molar-refractivity contribution is 6.00. The highest BCUT2D eigenvalue weighted by Crippen LogP contribution is 2.33. The Morgan fingerprint density at radius 1 is 1.42 bits per heavy atom. The number of aliphatic carboxylic acids is 1. The molecule has 0 saturated carbocycles. The summed E-state index contributed by atoms with van der Waals surface area (Å²) < 4.78 is 5.30. The van der Waals surface area contributed by atoms with Gasteiger partial charge in [0.1, 0.15) is 5.75 Å². The molecule has 0 atom stereocenters. The number of hydrogen-bond donors (Lipinski definition) is 2. The maximum Gasteiger partial charge on any atom is 0.328 e. The molecule has 0 unspecified atom stereocenters. The number of methoxy groups -OCH3 is 1. The Kier molecular flexibility index (Phi) is 3.60. The molecule has 0 amide bonds. The molecule has 0 fully saturated rings. The van der Waals surface area contributed by atoms with Crippen molar-refractivity contribution in [2.75, 3.05) is 7.11 Å². The predicted molar refractivity (Wildman–Crippen MR) is 75.3 cm³/mol. The van der Waals surface area contributed by atoms with Crippen LogP contribution in [-0.2, 0) is 4.79 Å². The van der Waals surface area contributed by atoms with E-state index in [1.807, 2.05) is 38.2 Å². The molecule has 1 heterocycles. The number of hydrogen-bond acceptors (Lipinski definition) is 2. The van der Waals surface area contributed by atoms with E-state index in [4.69, 9.17) is 9.84 Å². The first kappa shape index (κ1) is 13.2. The fourth-order valence-corrected chi connectivity index (χ4v) is 2.22. The molecule has 0 spiro atoms. The standard InChI is InChI=1S/C15H17NO3/c1-9(2)11(7-14(17)18)12-8-16-15-10(12)5-4-6-13(15)19-3/h4-9,16H,1-3H3,(H,17,18). The third kappa shape index (κ3) is 2.47. The molecule has 0 aliphatic carbocycles. The first-order valence-corrected chi connectivity index (χ1v) is 6.13. The molecule has 0 aliphatic heterocycles. The Morgan fingerprint density at radius 3 is 2.74 bits per heavy atom. The lowest BCUT2D eigenvalue weighted by Crippen LogP contribution is -1.98. The summed E-state index contributed by atoms with van der Waals surface area (Å²) >= 11 is 0. The van der Waals surface area contributed by atoms with Gasteiger partial charge in [-0.05, 0) is 17.6 Å². The van der Waals surface area contributed by atoms with Crippen LogP contribution in [0.3, 0.4) is 0 Å². The quantitative estimate of drug-likeness (QED) is 0.828. The maximum atomic E-state index is 11.0. The van der Waals surface area contributed by atoms with Gasteiger partial charge in [-0.3, -0.25) is 0 Å². The normalized spacial score (nSPS) is 12.1. The van der Waals surface area contributed by atoms with E-state index in [0.717, 1.165) is 27.8 Å². The minimum atomic E-state index is -0.930. The SMILES string of the molecule is COc1cccc2c(C(=CC(=O)O)C(C)C)c[nH]c12. The predicted octanol–water partition coefficient (Wildman–Crippen LogP) is 3.30. The van der Waals surface area contributed by atoms with Crippen molar-refractivity contribution in [1.82, 2.24) is 4.98 Å². The largest absolute Gasteiger partial charge is 0.495 e. The zero-order chi connectivity index (χ0) is 14.0. The second-order valence-electron chi connectivity index (χ2n) is 4.68. The molecule has 0 bridgehead atoms. The summed E-state index contributed by atoms with van der Waals surface area (Å²) in [7, 11) is 1.62. The number of rotatable bonds is 4. The lowest BCUT2D eigenvalue weighted by atomic mass is 9.94. The molecule has 100 valence electrons. The molecular weight excluding hydrogens is 242 g/mol. The van der Waals surface area contributed by atoms with Gasteiger partial charge in [-0.15, -0.1) is 0 Å². The zero-order valence-corrected chi connectivity index (χ0v) is 11.2. The van der Waals surface area contributed by atoms with Crippen LogP contribution >= 0.6 is 0 Å². The average Bonchev–Trinajstić information content (AvgIpc) is 2.78. The van der Waals surface area contributed by atoms with E-state index in [9.17, 15) is 4.79 Å². The monoisotopic (exact) mass is 259 g/mol. The average molecular weight is 259 g/mol. The van der Waals surface area contributed by atoms with Crippen LogP contribution in [0.25, 0.3) is 16.5 Å². The molecule has 2 rings (SSSR count). The highest BCUT2D eigenvalue weighted by Gasteiger charge is 2.15. The number of benzene rings is 1. The lowest BCUT2D eigenvalue weighted by Gasteiger charge is -2.10. The second-order valence-corrected chi connectivity index (χ2v) is 4.68. The smallest absolute Gasteiger partial charge is 0.328 e. The zero-order valence-electron chi connectivity index (χ0n) is 11.2. The first-order chi connectivity index (χ1) is 9.04. The van der Waals surface area contributed by atoms with Crippen LogP contribution in [0.5, 0.6) is 5.75 Å². The fraction of sp³-hybridized carbons (Fsp3) is 0.267. The second kappa shape index (κ2) is 5.18. The molecule has 2 N–H and O–H groups in total. The van der Waals surface area contributed by atoms with Crippen molar-refractivity contribution >= 4 is 22.4 Å². The number of aromatic amines is 1. The van der Waals surface area contributed by atoms with Gasteiger partial charge in [0.2, 0.25) is 0 Å². The van der Waals surface area contributed by atoms with Gasteiger partial charge in [-0.1, -0.05) is 26.0 Å². The molecule has 1 aromatic carbocycles. The summed E-state index contributed by atoms with van der Waals surface area (Å²) in [5.74, 6) is -0.0515. The summed E-state index contributed by atoms with van der Waals surface area (Å²) in [6.07, 6.45) is 3.11. The number of ether oxygens (including phenoxy) is 1. The minimum Gasteiger partial charge on any atom is -0.495 e. The fourth-order valence-electron chi connectivity index (χ4n) is 2.22. The van der Waals surface area contributed by atoms with E-state index < -0.39 is 5.97 Å². The molecule has 0 radical (unpaired) electrons. The van der Waals surface area contributed by atoms with E-state index in [-0.39, 0.29) is 5.92 Å². The van der Waals surface area contributed by atoms with Crippen molar-refractivity contribution < 1.29 is 14.6 Å². The van der Waals surface area contributed by atoms with Crippen LogP contribution < -0.4 is 4.74 Å². The third-order valence-corrected chi connectivity index (χ3v) is 3.11. The van der Waals surface area contributed by atoms with E-state index >= 15 is 0 Å². The topological polar surface area (TPSA) is 62.3 Å². The minimum absolute atomic E-state index is 0.126. The van der Waals surface area contributed by atoms with Gasteiger partial charge in [0.25, 0.3) is 0 Å². The molecule has 0 saturated heterocycles. The molecule has 19 heavy (non-hydrogen) atoms. The number of carboxylic acids is 1. The summed E-state index contributed by atoms with van der Waals surface area (Å²) in [5.41, 5.74) is 2.59. The van der Waals surface area contributed by atoms with Crippen LogP contribution in [0.2, 0.25) is 0 Å². The van der Waals surface area contributed by atoms with Gasteiger partial charge in [-0.2, -0.15) is 0 Å². The van der Waals surface area contributed by atoms with E-state index in [0.29, 0.717) is 0 Å².